The van der Waals surface area contributed by atoms with E-state index in [9.17, 15) is 9.67 Å². The van der Waals surface area contributed by atoms with E-state index in [2.05, 4.69) is 25.3 Å². The molecule has 0 spiro atoms. The van der Waals surface area contributed by atoms with Gasteiger partial charge in [-0.1, -0.05) is 61.7 Å². The van der Waals surface area contributed by atoms with Crippen molar-refractivity contribution in [2.45, 2.75) is 45.3 Å². The molecule has 4 nitrogen and oxygen atoms in total. The van der Waals surface area contributed by atoms with Crippen LogP contribution in [0.15, 0.2) is 42.1 Å². The first kappa shape index (κ1) is 20.3. The smallest absolute Gasteiger partial charge is 0.340 e. The lowest BCUT2D eigenvalue weighted by molar-refractivity contribution is 0.152. The van der Waals surface area contributed by atoms with Gasteiger partial charge in [-0.25, -0.2) is 0 Å². The van der Waals surface area contributed by atoms with Crippen molar-refractivity contribution < 1.29 is 18.7 Å². The second-order valence-electron chi connectivity index (χ2n) is 6.45. The van der Waals surface area contributed by atoms with Crippen molar-refractivity contribution in [1.82, 2.24) is 0 Å². The molecule has 1 rings (SSSR count). The number of hydrogen-bond acceptors (Lipinski definition) is 4. The van der Waals surface area contributed by atoms with Crippen LogP contribution in [0.3, 0.4) is 0 Å². The van der Waals surface area contributed by atoms with Crippen molar-refractivity contribution >= 4 is 15.7 Å². The Balaban J connectivity index is 3.25. The minimum atomic E-state index is -3.45. The summed E-state index contributed by atoms with van der Waals surface area (Å²) in [6, 6.07) is 9.23. The van der Waals surface area contributed by atoms with Gasteiger partial charge in [0.25, 0.3) is 0 Å². The van der Waals surface area contributed by atoms with Gasteiger partial charge in [0.1, 0.15) is 5.66 Å². The number of benzene rings is 1. The molecule has 1 aromatic rings. The van der Waals surface area contributed by atoms with Gasteiger partial charge in [0.2, 0.25) is 0 Å². The van der Waals surface area contributed by atoms with E-state index in [-0.39, 0.29) is 13.2 Å². The molecule has 0 unspecified atom stereocenters. The van der Waals surface area contributed by atoms with E-state index in [4.69, 9.17) is 9.05 Å². The highest BCUT2D eigenvalue weighted by Gasteiger charge is 2.39. The molecule has 0 fully saturated rings. The first-order valence-corrected chi connectivity index (χ1v) is 13.2. The van der Waals surface area contributed by atoms with Gasteiger partial charge >= 0.3 is 7.60 Å². The summed E-state index contributed by atoms with van der Waals surface area (Å²) in [5, 5.41) is 10.8. The fraction of sp³-hybridized carbons (Fsp3) is 0.529. The number of aliphatic hydroxyl groups excluding tert-OH is 1. The number of aliphatic hydroxyl groups is 1. The van der Waals surface area contributed by atoms with Gasteiger partial charge in [-0.2, -0.15) is 0 Å². The minimum Gasteiger partial charge on any atom is -0.387 e. The molecule has 0 saturated carbocycles. The van der Waals surface area contributed by atoms with Crippen LogP contribution in [0, 0.1) is 0 Å². The third-order valence-electron chi connectivity index (χ3n) is 3.24. The standard InChI is InChI=1S/C17H29O4PSi/c1-6-20-22(19,21-7-2)16(13-14-23(3,4)5)17(18)15-11-9-8-10-12-15/h8-14,16-18H,6-7H2,1-5H3/b14-13+/t16-,17-/m0/s1. The quantitative estimate of drug-likeness (QED) is 0.511. The average molecular weight is 356 g/mol. The lowest BCUT2D eigenvalue weighted by Crippen LogP contribution is -2.23. The van der Waals surface area contributed by atoms with Crippen LogP contribution in [-0.4, -0.2) is 32.1 Å². The maximum atomic E-state index is 13.2. The average Bonchev–Trinajstić information content (AvgIpc) is 2.47. The zero-order chi connectivity index (χ0) is 17.5. The molecule has 0 radical (unpaired) electrons. The molecule has 0 aliphatic carbocycles. The van der Waals surface area contributed by atoms with E-state index in [0.29, 0.717) is 5.56 Å². The Morgan fingerprint density at radius 1 is 1.13 bits per heavy atom. The molecular weight excluding hydrogens is 327 g/mol. The molecule has 6 heteroatoms. The fourth-order valence-electron chi connectivity index (χ4n) is 2.19. The molecule has 23 heavy (non-hydrogen) atoms. The lowest BCUT2D eigenvalue weighted by Gasteiger charge is -2.28. The SMILES string of the molecule is CCOP(=O)(OCC)[C@@H](/C=C/[Si](C)(C)C)[C@@H](O)c1ccccc1. The number of hydrogen-bond donors (Lipinski definition) is 1. The Labute approximate surface area is 141 Å². The summed E-state index contributed by atoms with van der Waals surface area (Å²) in [6.07, 6.45) is 0.892. The van der Waals surface area contributed by atoms with Crippen LogP contribution in [0.2, 0.25) is 19.6 Å². The lowest BCUT2D eigenvalue weighted by atomic mass is 10.1. The highest BCUT2D eigenvalue weighted by Crippen LogP contribution is 2.57. The van der Waals surface area contributed by atoms with Gasteiger partial charge in [0, 0.05) is 0 Å². The summed E-state index contributed by atoms with van der Waals surface area (Å²) < 4.78 is 24.2. The van der Waals surface area contributed by atoms with Crippen LogP contribution in [0.1, 0.15) is 25.5 Å². The third kappa shape index (κ3) is 6.36. The van der Waals surface area contributed by atoms with Crippen LogP contribution in [-0.2, 0) is 13.6 Å². The van der Waals surface area contributed by atoms with Crippen molar-refractivity contribution in [3.63, 3.8) is 0 Å². The van der Waals surface area contributed by atoms with Crippen molar-refractivity contribution in [1.29, 1.82) is 0 Å². The molecule has 2 atom stereocenters. The van der Waals surface area contributed by atoms with E-state index >= 15 is 0 Å². The Bertz CT molecular complexity index is 529. The summed E-state index contributed by atoms with van der Waals surface area (Å²) in [5.74, 6) is 0. The maximum absolute atomic E-state index is 13.2. The fourth-order valence-corrected chi connectivity index (χ4v) is 5.09. The largest absolute Gasteiger partial charge is 0.387 e. The Morgan fingerprint density at radius 3 is 2.09 bits per heavy atom. The summed E-state index contributed by atoms with van der Waals surface area (Å²) in [5.41, 5.74) is 2.07. The van der Waals surface area contributed by atoms with E-state index in [0.717, 1.165) is 0 Å². The Kier molecular flexibility index (Phi) is 7.91. The molecule has 0 aromatic heterocycles. The van der Waals surface area contributed by atoms with Crippen LogP contribution < -0.4 is 0 Å². The van der Waals surface area contributed by atoms with Crippen LogP contribution >= 0.6 is 7.60 Å². The van der Waals surface area contributed by atoms with Gasteiger partial charge in [-0.3, -0.25) is 4.57 Å². The van der Waals surface area contributed by atoms with Crippen molar-refractivity contribution in [2.75, 3.05) is 13.2 Å². The predicted molar refractivity (Wildman–Crippen MR) is 98.5 cm³/mol. The molecule has 0 saturated heterocycles. The maximum Gasteiger partial charge on any atom is 0.340 e. The van der Waals surface area contributed by atoms with Crippen molar-refractivity contribution in [3.8, 4) is 0 Å². The van der Waals surface area contributed by atoms with Gasteiger partial charge in [0.05, 0.1) is 27.4 Å². The molecule has 0 bridgehead atoms. The van der Waals surface area contributed by atoms with Crippen molar-refractivity contribution in [3.05, 3.63) is 47.7 Å². The molecular formula is C17H29O4PSi. The molecule has 130 valence electrons. The molecule has 1 aromatic carbocycles. The van der Waals surface area contributed by atoms with E-state index in [1.54, 1.807) is 13.8 Å². The van der Waals surface area contributed by atoms with Gasteiger partial charge in [-0.05, 0) is 19.4 Å². The minimum absolute atomic E-state index is 0.274. The van der Waals surface area contributed by atoms with E-state index in [1.165, 1.54) is 0 Å². The summed E-state index contributed by atoms with van der Waals surface area (Å²) >= 11 is 0. The molecule has 0 aliphatic rings. The molecule has 1 N–H and O–H groups in total. The molecule has 0 amide bonds. The van der Waals surface area contributed by atoms with Crippen LogP contribution in [0.5, 0.6) is 0 Å². The monoisotopic (exact) mass is 356 g/mol. The van der Waals surface area contributed by atoms with Gasteiger partial charge in [0.15, 0.2) is 0 Å². The molecule has 0 aliphatic heterocycles. The van der Waals surface area contributed by atoms with Crippen LogP contribution in [0.25, 0.3) is 0 Å². The van der Waals surface area contributed by atoms with Gasteiger partial charge < -0.3 is 14.2 Å². The third-order valence-corrected chi connectivity index (χ3v) is 6.85. The zero-order valence-electron chi connectivity index (χ0n) is 14.7. The second kappa shape index (κ2) is 8.95. The topological polar surface area (TPSA) is 55.8 Å². The summed E-state index contributed by atoms with van der Waals surface area (Å²) in [4.78, 5) is 0. The Hall–Kier alpha value is -0.713. The first-order chi connectivity index (χ1) is 10.7. The normalized spacial score (nSPS) is 15.7. The highest BCUT2D eigenvalue weighted by atomic mass is 31.2. The van der Waals surface area contributed by atoms with Crippen molar-refractivity contribution in [2.24, 2.45) is 0 Å². The van der Waals surface area contributed by atoms with E-state index < -0.39 is 27.4 Å². The summed E-state index contributed by atoms with van der Waals surface area (Å²) in [7, 11) is -4.97. The Morgan fingerprint density at radius 2 is 1.65 bits per heavy atom. The zero-order valence-corrected chi connectivity index (χ0v) is 16.6. The van der Waals surface area contributed by atoms with Gasteiger partial charge in [-0.15, -0.1) is 0 Å². The van der Waals surface area contributed by atoms with E-state index in [1.807, 2.05) is 36.4 Å². The molecule has 0 heterocycles. The highest BCUT2D eigenvalue weighted by molar-refractivity contribution is 7.55. The second-order valence-corrected chi connectivity index (χ2v) is 13.7. The van der Waals surface area contributed by atoms with Crippen LogP contribution in [0.4, 0.5) is 0 Å². The number of rotatable bonds is 9. The first-order valence-electron chi connectivity index (χ1n) is 8.04. The predicted octanol–water partition coefficient (Wildman–Crippen LogP) is 4.79. The summed E-state index contributed by atoms with van der Waals surface area (Å²) in [6.45, 7) is 10.6.